The maximum atomic E-state index is 13.4. The van der Waals surface area contributed by atoms with Crippen molar-refractivity contribution in [1.29, 1.82) is 0 Å². The van der Waals surface area contributed by atoms with Crippen molar-refractivity contribution < 1.29 is 27.4 Å². The zero-order valence-electron chi connectivity index (χ0n) is 15.7. The molecule has 1 N–H and O–H groups in total. The maximum absolute atomic E-state index is 13.4. The number of hydrogen-bond donors (Lipinski definition) is 1. The van der Waals surface area contributed by atoms with E-state index in [0.29, 0.717) is 30.7 Å². The van der Waals surface area contributed by atoms with Gasteiger partial charge >= 0.3 is 6.18 Å². The Bertz CT molecular complexity index is 844. The molecular weight excluding hydrogens is 383 g/mol. The van der Waals surface area contributed by atoms with Crippen LogP contribution in [0.2, 0.25) is 0 Å². The lowest BCUT2D eigenvalue weighted by Crippen LogP contribution is -2.26. The Morgan fingerprint density at radius 2 is 1.83 bits per heavy atom. The minimum atomic E-state index is -4.66. The molecule has 2 aromatic rings. The van der Waals surface area contributed by atoms with Crippen LogP contribution in [0.5, 0.6) is 5.75 Å². The summed E-state index contributed by atoms with van der Waals surface area (Å²) in [7, 11) is 0. The minimum absolute atomic E-state index is 0.0256. The van der Waals surface area contributed by atoms with Gasteiger partial charge in [-0.1, -0.05) is 42.5 Å². The van der Waals surface area contributed by atoms with Crippen LogP contribution in [-0.2, 0) is 9.53 Å². The number of amides is 1. The number of ether oxygens (including phenoxy) is 2. The third-order valence-electron chi connectivity index (χ3n) is 4.51. The molecule has 0 radical (unpaired) electrons. The summed E-state index contributed by atoms with van der Waals surface area (Å²) in [5.74, 6) is -0.497. The summed E-state index contributed by atoms with van der Waals surface area (Å²) in [5.41, 5.74) is -0.780. The first-order valence-corrected chi connectivity index (χ1v) is 9.42. The van der Waals surface area contributed by atoms with Gasteiger partial charge in [0.2, 0.25) is 5.91 Å². The average molecular weight is 405 g/mol. The smallest absolute Gasteiger partial charge is 0.417 e. The Labute approximate surface area is 167 Å². The predicted molar refractivity (Wildman–Crippen MR) is 105 cm³/mol. The number of para-hydroxylation sites is 2. The van der Waals surface area contributed by atoms with Crippen molar-refractivity contribution in [3.05, 3.63) is 66.2 Å². The molecule has 0 aromatic heterocycles. The molecule has 1 aliphatic rings. The fourth-order valence-electron chi connectivity index (χ4n) is 3.06. The van der Waals surface area contributed by atoms with E-state index in [4.69, 9.17) is 9.47 Å². The average Bonchev–Trinajstić information content (AvgIpc) is 2.72. The van der Waals surface area contributed by atoms with Crippen molar-refractivity contribution in [3.8, 4) is 5.75 Å². The van der Waals surface area contributed by atoms with Crippen molar-refractivity contribution in [3.63, 3.8) is 0 Å². The molecule has 2 aromatic carbocycles. The number of carbonyl (C=O) groups excluding carboxylic acids is 1. The molecule has 1 aliphatic heterocycles. The summed E-state index contributed by atoms with van der Waals surface area (Å²) in [6.07, 6.45) is -1.13. The van der Waals surface area contributed by atoms with Gasteiger partial charge in [0.1, 0.15) is 12.4 Å². The second-order valence-electron chi connectivity index (χ2n) is 6.71. The van der Waals surface area contributed by atoms with E-state index in [2.05, 4.69) is 5.32 Å². The van der Waals surface area contributed by atoms with Crippen LogP contribution in [0.1, 0.15) is 24.8 Å². The molecule has 0 bridgehead atoms. The van der Waals surface area contributed by atoms with Gasteiger partial charge < -0.3 is 14.8 Å². The van der Waals surface area contributed by atoms with Gasteiger partial charge in [-0.2, -0.15) is 13.2 Å². The van der Waals surface area contributed by atoms with Crippen LogP contribution in [0.15, 0.2) is 60.7 Å². The molecule has 1 saturated heterocycles. The monoisotopic (exact) mass is 405 g/mol. The van der Waals surface area contributed by atoms with Crippen LogP contribution in [0.4, 0.5) is 18.9 Å². The summed E-state index contributed by atoms with van der Waals surface area (Å²) < 4.78 is 51.6. The molecule has 1 unspecified atom stereocenters. The number of nitrogens with one attached hydrogen (secondary N) is 1. The topological polar surface area (TPSA) is 47.6 Å². The van der Waals surface area contributed by atoms with Gasteiger partial charge in [-0.05, 0) is 37.0 Å². The van der Waals surface area contributed by atoms with Crippen LogP contribution in [0, 0.1) is 0 Å². The lowest BCUT2D eigenvalue weighted by molar-refractivity contribution is -0.112. The lowest BCUT2D eigenvalue weighted by atomic mass is 10.1. The number of carbonyl (C=O) groups is 1. The molecule has 1 heterocycles. The van der Waals surface area contributed by atoms with Gasteiger partial charge in [0.15, 0.2) is 0 Å². The van der Waals surface area contributed by atoms with Gasteiger partial charge in [0.25, 0.3) is 0 Å². The first kappa shape index (κ1) is 20.9. The van der Waals surface area contributed by atoms with Crippen LogP contribution in [0.25, 0.3) is 5.57 Å². The van der Waals surface area contributed by atoms with Gasteiger partial charge in [-0.25, -0.2) is 0 Å². The highest BCUT2D eigenvalue weighted by atomic mass is 19.4. The highest BCUT2D eigenvalue weighted by Gasteiger charge is 2.35. The zero-order valence-corrected chi connectivity index (χ0v) is 15.7. The number of halogens is 3. The van der Waals surface area contributed by atoms with E-state index in [1.54, 1.807) is 30.3 Å². The van der Waals surface area contributed by atoms with Gasteiger partial charge in [0.05, 0.1) is 17.4 Å². The van der Waals surface area contributed by atoms with Crippen molar-refractivity contribution in [2.75, 3.05) is 18.5 Å². The SMILES string of the molecule is O=C(/C=C(/c1ccccc1)C(F)(F)F)Nc1ccccc1OCC1CCCCO1. The fraction of sp³-hybridized carbons (Fsp3) is 0.318. The number of alkyl halides is 3. The van der Waals surface area contributed by atoms with Crippen molar-refractivity contribution >= 4 is 17.2 Å². The standard InChI is InChI=1S/C22H22F3NO3/c23-22(24,25)18(16-8-2-1-3-9-16)14-21(27)26-19-11-4-5-12-20(19)29-15-17-10-6-7-13-28-17/h1-5,8-9,11-12,14,17H,6-7,10,13,15H2,(H,26,27)/b18-14-. The maximum Gasteiger partial charge on any atom is 0.417 e. The van der Waals surface area contributed by atoms with E-state index in [9.17, 15) is 18.0 Å². The van der Waals surface area contributed by atoms with Crippen LogP contribution < -0.4 is 10.1 Å². The molecule has 1 amide bonds. The van der Waals surface area contributed by atoms with E-state index in [0.717, 1.165) is 19.3 Å². The molecule has 0 saturated carbocycles. The second kappa shape index (κ2) is 9.60. The molecular formula is C22H22F3NO3. The van der Waals surface area contributed by atoms with Crippen molar-refractivity contribution in [2.24, 2.45) is 0 Å². The largest absolute Gasteiger partial charge is 0.489 e. The third kappa shape index (κ3) is 6.09. The first-order valence-electron chi connectivity index (χ1n) is 9.42. The Morgan fingerprint density at radius 3 is 2.52 bits per heavy atom. The quantitative estimate of drug-likeness (QED) is 0.671. The van der Waals surface area contributed by atoms with Gasteiger partial charge in [0, 0.05) is 12.7 Å². The molecule has 1 atom stereocenters. The number of hydrogen-bond acceptors (Lipinski definition) is 3. The minimum Gasteiger partial charge on any atom is -0.489 e. The number of allylic oxidation sites excluding steroid dienone is 1. The molecule has 29 heavy (non-hydrogen) atoms. The van der Waals surface area contributed by atoms with E-state index in [1.807, 2.05) is 0 Å². The predicted octanol–water partition coefficient (Wildman–Crippen LogP) is 5.22. The highest BCUT2D eigenvalue weighted by molar-refractivity contribution is 6.05. The Morgan fingerprint density at radius 1 is 1.10 bits per heavy atom. The van der Waals surface area contributed by atoms with Crippen LogP contribution >= 0.6 is 0 Å². The molecule has 154 valence electrons. The molecule has 0 spiro atoms. The Balaban J connectivity index is 1.73. The van der Waals surface area contributed by atoms with Gasteiger partial charge in [-0.15, -0.1) is 0 Å². The lowest BCUT2D eigenvalue weighted by Gasteiger charge is -2.23. The van der Waals surface area contributed by atoms with Gasteiger partial charge in [-0.3, -0.25) is 4.79 Å². The summed E-state index contributed by atoms with van der Waals surface area (Å²) >= 11 is 0. The van der Waals surface area contributed by atoms with Crippen molar-refractivity contribution in [2.45, 2.75) is 31.5 Å². The van der Waals surface area contributed by atoms with Crippen LogP contribution in [0.3, 0.4) is 0 Å². The highest BCUT2D eigenvalue weighted by Crippen LogP contribution is 2.34. The number of anilines is 1. The zero-order chi connectivity index (χ0) is 20.7. The Kier molecular flexibility index (Phi) is 6.93. The fourth-order valence-corrected chi connectivity index (χ4v) is 3.06. The van der Waals surface area contributed by atoms with E-state index < -0.39 is 17.7 Å². The molecule has 3 rings (SSSR count). The first-order chi connectivity index (χ1) is 13.9. The number of rotatable bonds is 6. The van der Waals surface area contributed by atoms with E-state index in [-0.39, 0.29) is 11.7 Å². The third-order valence-corrected chi connectivity index (χ3v) is 4.51. The molecule has 4 nitrogen and oxygen atoms in total. The summed E-state index contributed by atoms with van der Waals surface area (Å²) in [6, 6.07) is 13.9. The summed E-state index contributed by atoms with van der Waals surface area (Å²) in [6.45, 7) is 1.01. The van der Waals surface area contributed by atoms with Crippen LogP contribution in [-0.4, -0.2) is 31.4 Å². The molecule has 1 fully saturated rings. The second-order valence-corrected chi connectivity index (χ2v) is 6.71. The van der Waals surface area contributed by atoms with E-state index >= 15 is 0 Å². The van der Waals surface area contributed by atoms with Crippen molar-refractivity contribution in [1.82, 2.24) is 0 Å². The summed E-state index contributed by atoms with van der Waals surface area (Å²) in [5, 5.41) is 2.49. The number of benzene rings is 2. The normalized spacial score (nSPS) is 17.6. The van der Waals surface area contributed by atoms with E-state index in [1.165, 1.54) is 24.3 Å². The summed E-state index contributed by atoms with van der Waals surface area (Å²) in [4.78, 5) is 12.3. The molecule has 0 aliphatic carbocycles. The Hall–Kier alpha value is -2.80. The molecule has 7 heteroatoms.